The number of halogens is 1. The third kappa shape index (κ3) is 2.07. The fraction of sp³-hybridized carbons (Fsp3) is 0.133. The summed E-state index contributed by atoms with van der Waals surface area (Å²) in [6.45, 7) is 2.56. The van der Waals surface area contributed by atoms with Gasteiger partial charge in [0.15, 0.2) is 0 Å². The van der Waals surface area contributed by atoms with Gasteiger partial charge in [-0.2, -0.15) is 0 Å². The van der Waals surface area contributed by atoms with E-state index in [0.717, 1.165) is 11.0 Å². The Labute approximate surface area is 116 Å². The smallest absolute Gasteiger partial charge is 0.208 e. The maximum absolute atomic E-state index is 13.9. The van der Waals surface area contributed by atoms with Crippen molar-refractivity contribution in [3.63, 3.8) is 0 Å². The van der Waals surface area contributed by atoms with E-state index in [-0.39, 0.29) is 5.82 Å². The zero-order valence-corrected chi connectivity index (χ0v) is 11.1. The van der Waals surface area contributed by atoms with Crippen molar-refractivity contribution in [3.05, 3.63) is 48.3 Å². The van der Waals surface area contributed by atoms with Crippen LogP contribution in [0.4, 0.5) is 21.7 Å². The highest BCUT2D eigenvalue weighted by atomic mass is 19.1. The number of H-pyrrole nitrogens is 1. The second kappa shape index (κ2) is 4.85. The quantitative estimate of drug-likeness (QED) is 0.717. The highest BCUT2D eigenvalue weighted by Crippen LogP contribution is 2.27. The van der Waals surface area contributed by atoms with Crippen molar-refractivity contribution < 1.29 is 4.39 Å². The van der Waals surface area contributed by atoms with Gasteiger partial charge in [-0.15, -0.1) is 0 Å². The number of aromatic amines is 1. The molecule has 4 nitrogen and oxygen atoms in total. The molecule has 3 rings (SSSR count). The summed E-state index contributed by atoms with van der Waals surface area (Å²) in [7, 11) is 0. The molecule has 2 aromatic carbocycles. The van der Waals surface area contributed by atoms with E-state index in [4.69, 9.17) is 5.73 Å². The van der Waals surface area contributed by atoms with E-state index < -0.39 is 0 Å². The second-order valence-electron chi connectivity index (χ2n) is 4.53. The predicted molar refractivity (Wildman–Crippen MR) is 79.6 cm³/mol. The molecule has 20 heavy (non-hydrogen) atoms. The molecular weight excluding hydrogens is 255 g/mol. The summed E-state index contributed by atoms with van der Waals surface area (Å²) >= 11 is 0. The van der Waals surface area contributed by atoms with Gasteiger partial charge in [-0.1, -0.05) is 12.1 Å². The first-order valence-corrected chi connectivity index (χ1v) is 6.46. The molecule has 0 saturated carbocycles. The van der Waals surface area contributed by atoms with Gasteiger partial charge in [-0.05, 0) is 37.3 Å². The first-order valence-electron chi connectivity index (χ1n) is 6.46. The third-order valence-electron chi connectivity index (χ3n) is 3.21. The monoisotopic (exact) mass is 270 g/mol. The fourth-order valence-electron chi connectivity index (χ4n) is 2.25. The Bertz CT molecular complexity index is 750. The molecule has 0 saturated heterocycles. The number of nitrogens with zero attached hydrogens (tertiary/aromatic N) is 2. The molecule has 0 radical (unpaired) electrons. The lowest BCUT2D eigenvalue weighted by Crippen LogP contribution is -2.18. The first kappa shape index (κ1) is 12.5. The van der Waals surface area contributed by atoms with Crippen molar-refractivity contribution in [3.8, 4) is 0 Å². The number of nitrogens with one attached hydrogen (secondary N) is 1. The van der Waals surface area contributed by atoms with Crippen molar-refractivity contribution >= 4 is 28.4 Å². The largest absolute Gasteiger partial charge is 0.399 e. The molecule has 5 heteroatoms. The number of hydrogen-bond acceptors (Lipinski definition) is 3. The number of benzene rings is 2. The summed E-state index contributed by atoms with van der Waals surface area (Å²) in [6, 6.07) is 12.1. The van der Waals surface area contributed by atoms with Crippen LogP contribution in [0.15, 0.2) is 42.5 Å². The predicted octanol–water partition coefficient (Wildman–Crippen LogP) is 3.44. The summed E-state index contributed by atoms with van der Waals surface area (Å²) in [4.78, 5) is 9.47. The lowest BCUT2D eigenvalue weighted by molar-refractivity contribution is 0.625. The summed E-state index contributed by atoms with van der Waals surface area (Å²) in [5, 5.41) is 0. The number of nitrogens with two attached hydrogens (primary N) is 1. The van der Waals surface area contributed by atoms with Crippen LogP contribution in [0, 0.1) is 5.82 Å². The number of para-hydroxylation sites is 1. The fourth-order valence-corrected chi connectivity index (χ4v) is 2.25. The molecule has 0 unspecified atom stereocenters. The molecule has 0 amide bonds. The Morgan fingerprint density at radius 2 is 2.05 bits per heavy atom. The molecule has 1 aromatic heterocycles. The Balaban J connectivity index is 2.10. The van der Waals surface area contributed by atoms with Crippen LogP contribution in [0.3, 0.4) is 0 Å². The van der Waals surface area contributed by atoms with E-state index in [1.54, 1.807) is 23.1 Å². The topological polar surface area (TPSA) is 57.9 Å². The van der Waals surface area contributed by atoms with Crippen molar-refractivity contribution in [1.82, 2.24) is 9.97 Å². The minimum atomic E-state index is -0.269. The van der Waals surface area contributed by atoms with Crippen LogP contribution in [0.25, 0.3) is 11.0 Å². The molecule has 0 aliphatic carbocycles. The maximum atomic E-state index is 13.9. The van der Waals surface area contributed by atoms with Crippen LogP contribution in [0.5, 0.6) is 0 Å². The summed E-state index contributed by atoms with van der Waals surface area (Å²) < 4.78 is 13.9. The zero-order valence-electron chi connectivity index (χ0n) is 11.1. The van der Waals surface area contributed by atoms with Crippen LogP contribution in [0.1, 0.15) is 6.92 Å². The van der Waals surface area contributed by atoms with Gasteiger partial charge in [0, 0.05) is 12.2 Å². The van der Waals surface area contributed by atoms with E-state index >= 15 is 0 Å². The standard InChI is InChI=1S/C15H15FN4/c1-2-20(14-6-4-3-5-11(14)16)15-18-12-8-7-10(17)9-13(12)19-15/h3-9H,2,17H2,1H3,(H,18,19). The van der Waals surface area contributed by atoms with Crippen molar-refractivity contribution in [1.29, 1.82) is 0 Å². The van der Waals surface area contributed by atoms with Crippen LogP contribution >= 0.6 is 0 Å². The number of anilines is 3. The summed E-state index contributed by atoms with van der Waals surface area (Å²) in [5.74, 6) is 0.340. The minimum absolute atomic E-state index is 0.269. The average molecular weight is 270 g/mol. The molecule has 1 heterocycles. The number of aromatic nitrogens is 2. The van der Waals surface area contributed by atoms with Gasteiger partial charge in [0.05, 0.1) is 16.7 Å². The number of nitrogen functional groups attached to an aromatic ring is 1. The lowest BCUT2D eigenvalue weighted by Gasteiger charge is -2.20. The highest BCUT2D eigenvalue weighted by Gasteiger charge is 2.15. The first-order chi connectivity index (χ1) is 9.69. The van der Waals surface area contributed by atoms with Gasteiger partial charge in [-0.3, -0.25) is 0 Å². The SMILES string of the molecule is CCN(c1nc2ccc(N)cc2[nH]1)c1ccccc1F. The molecule has 0 aliphatic rings. The Morgan fingerprint density at radius 1 is 1.25 bits per heavy atom. The number of fused-ring (bicyclic) bond motifs is 1. The van der Waals surface area contributed by atoms with Crippen LogP contribution in [0.2, 0.25) is 0 Å². The van der Waals surface area contributed by atoms with Crippen LogP contribution in [-0.2, 0) is 0 Å². The van der Waals surface area contributed by atoms with Gasteiger partial charge in [-0.25, -0.2) is 9.37 Å². The van der Waals surface area contributed by atoms with Crippen molar-refractivity contribution in [2.45, 2.75) is 6.92 Å². The van der Waals surface area contributed by atoms with Gasteiger partial charge in [0.1, 0.15) is 5.82 Å². The molecule has 3 aromatic rings. The zero-order chi connectivity index (χ0) is 14.1. The van der Waals surface area contributed by atoms with E-state index in [2.05, 4.69) is 9.97 Å². The molecular formula is C15H15FN4. The molecule has 102 valence electrons. The van der Waals surface area contributed by atoms with Crippen molar-refractivity contribution in [2.24, 2.45) is 0 Å². The van der Waals surface area contributed by atoms with Crippen molar-refractivity contribution in [2.75, 3.05) is 17.2 Å². The van der Waals surface area contributed by atoms with E-state index in [1.165, 1.54) is 6.07 Å². The molecule has 0 bridgehead atoms. The highest BCUT2D eigenvalue weighted by molar-refractivity contribution is 5.81. The molecule has 0 aliphatic heterocycles. The van der Waals surface area contributed by atoms with Gasteiger partial charge in [0.2, 0.25) is 5.95 Å². The second-order valence-corrected chi connectivity index (χ2v) is 4.53. The molecule has 0 fully saturated rings. The van der Waals surface area contributed by atoms with Gasteiger partial charge >= 0.3 is 0 Å². The average Bonchev–Trinajstić information content (AvgIpc) is 2.84. The number of imidazole rings is 1. The van der Waals surface area contributed by atoms with E-state index in [0.29, 0.717) is 23.9 Å². The summed E-state index contributed by atoms with van der Waals surface area (Å²) in [5.41, 5.74) is 8.58. The van der Waals surface area contributed by atoms with E-state index in [9.17, 15) is 4.39 Å². The van der Waals surface area contributed by atoms with Crippen LogP contribution in [-0.4, -0.2) is 16.5 Å². The van der Waals surface area contributed by atoms with Gasteiger partial charge < -0.3 is 15.6 Å². The summed E-state index contributed by atoms with van der Waals surface area (Å²) in [6.07, 6.45) is 0. The van der Waals surface area contributed by atoms with E-state index in [1.807, 2.05) is 25.1 Å². The van der Waals surface area contributed by atoms with Crippen LogP contribution < -0.4 is 10.6 Å². The minimum Gasteiger partial charge on any atom is -0.399 e. The molecule has 3 N–H and O–H groups in total. The number of hydrogen-bond donors (Lipinski definition) is 2. The molecule has 0 spiro atoms. The van der Waals surface area contributed by atoms with Gasteiger partial charge in [0.25, 0.3) is 0 Å². The Kier molecular flexibility index (Phi) is 3.02. The lowest BCUT2D eigenvalue weighted by atomic mass is 10.3. The third-order valence-corrected chi connectivity index (χ3v) is 3.21. The number of rotatable bonds is 3. The Hall–Kier alpha value is -2.56. The maximum Gasteiger partial charge on any atom is 0.208 e. The Morgan fingerprint density at radius 3 is 2.80 bits per heavy atom. The normalized spacial score (nSPS) is 10.9. The molecule has 0 atom stereocenters.